The Labute approximate surface area is 128 Å². The minimum absolute atomic E-state index is 0.509. The van der Waals surface area contributed by atoms with Crippen molar-refractivity contribution in [3.8, 4) is 11.3 Å². The zero-order valence-corrected chi connectivity index (χ0v) is 12.7. The molecule has 1 saturated carbocycles. The van der Waals surface area contributed by atoms with Crippen molar-refractivity contribution in [1.82, 2.24) is 9.97 Å². The highest BCUT2D eigenvalue weighted by atomic mass is 35.5. The summed E-state index contributed by atoms with van der Waals surface area (Å²) in [5, 5.41) is 4.35. The maximum atomic E-state index is 6.09. The van der Waals surface area contributed by atoms with E-state index in [1.165, 1.54) is 12.8 Å². The summed E-state index contributed by atoms with van der Waals surface area (Å²) in [6.45, 7) is 2.89. The smallest absolute Gasteiger partial charge is 0.134 e. The van der Waals surface area contributed by atoms with Gasteiger partial charge in [0.15, 0.2) is 0 Å². The molecule has 1 N–H and O–H groups in total. The van der Waals surface area contributed by atoms with Crippen molar-refractivity contribution >= 4 is 29.0 Å². The topological polar surface area (TPSA) is 37.8 Å². The average Bonchev–Trinajstić information content (AvgIpc) is 3.26. The quantitative estimate of drug-likeness (QED) is 0.885. The molecule has 1 fully saturated rings. The van der Waals surface area contributed by atoms with E-state index in [0.717, 1.165) is 29.4 Å². The Bertz CT molecular complexity index is 639. The molecule has 0 radical (unpaired) electrons. The van der Waals surface area contributed by atoms with E-state index in [1.54, 1.807) is 6.07 Å². The summed E-state index contributed by atoms with van der Waals surface area (Å²) in [6, 6.07) is 7.53. The first-order chi connectivity index (χ1) is 9.67. The molecular weight excluding hydrogens is 293 g/mol. The van der Waals surface area contributed by atoms with Crippen molar-refractivity contribution in [1.29, 1.82) is 0 Å². The summed E-state index contributed by atoms with van der Waals surface area (Å²) in [4.78, 5) is 9.24. The van der Waals surface area contributed by atoms with Crippen molar-refractivity contribution in [3.05, 3.63) is 40.1 Å². The van der Waals surface area contributed by atoms with Gasteiger partial charge in [-0.2, -0.15) is 0 Å². The molecule has 0 aliphatic heterocycles. The zero-order chi connectivity index (χ0) is 14.1. The van der Waals surface area contributed by atoms with Crippen molar-refractivity contribution in [3.63, 3.8) is 0 Å². The number of nitrogens with zero attached hydrogens (tertiary/aromatic N) is 2. The number of aromatic nitrogens is 2. The van der Waals surface area contributed by atoms with E-state index in [0.29, 0.717) is 16.0 Å². The Morgan fingerprint density at radius 2 is 1.95 bits per heavy atom. The predicted octanol–water partition coefficient (Wildman–Crippen LogP) is 4.76. The number of hydrogen-bond donors (Lipinski definition) is 1. The normalized spacial score (nSPS) is 14.3. The van der Waals surface area contributed by atoms with Gasteiger partial charge in [0.25, 0.3) is 0 Å². The summed E-state index contributed by atoms with van der Waals surface area (Å²) in [6.07, 6.45) is 2.35. The third-order valence-corrected chi connectivity index (χ3v) is 4.00. The van der Waals surface area contributed by atoms with Crippen LogP contribution in [0.3, 0.4) is 0 Å². The van der Waals surface area contributed by atoms with Gasteiger partial charge < -0.3 is 5.32 Å². The molecule has 2 aromatic rings. The molecule has 3 rings (SSSR count). The number of nitrogens with one attached hydrogen (secondary N) is 1. The van der Waals surface area contributed by atoms with Gasteiger partial charge in [-0.05, 0) is 31.9 Å². The molecule has 1 heterocycles. The molecule has 0 unspecified atom stereocenters. The minimum Gasteiger partial charge on any atom is -0.370 e. The van der Waals surface area contributed by atoms with Gasteiger partial charge in [0, 0.05) is 24.1 Å². The van der Waals surface area contributed by atoms with Gasteiger partial charge in [0.2, 0.25) is 0 Å². The number of anilines is 1. The van der Waals surface area contributed by atoms with Crippen molar-refractivity contribution in [2.24, 2.45) is 0 Å². The van der Waals surface area contributed by atoms with Crippen molar-refractivity contribution < 1.29 is 0 Å². The third-order valence-electron chi connectivity index (χ3n) is 3.26. The monoisotopic (exact) mass is 307 g/mol. The lowest BCUT2D eigenvalue weighted by Crippen LogP contribution is -2.04. The van der Waals surface area contributed by atoms with Gasteiger partial charge in [0.1, 0.15) is 11.6 Å². The molecule has 0 bridgehead atoms. The van der Waals surface area contributed by atoms with Crippen molar-refractivity contribution in [2.75, 3.05) is 11.9 Å². The molecule has 20 heavy (non-hydrogen) atoms. The third kappa shape index (κ3) is 2.89. The van der Waals surface area contributed by atoms with Gasteiger partial charge in [-0.3, -0.25) is 0 Å². The lowest BCUT2D eigenvalue weighted by atomic mass is 10.1. The summed E-state index contributed by atoms with van der Waals surface area (Å²) in [7, 11) is 0. The van der Waals surface area contributed by atoms with Crippen LogP contribution in [-0.2, 0) is 0 Å². The number of halogens is 2. The first-order valence-electron chi connectivity index (χ1n) is 6.75. The van der Waals surface area contributed by atoms with E-state index < -0.39 is 0 Å². The largest absolute Gasteiger partial charge is 0.370 e. The van der Waals surface area contributed by atoms with Crippen LogP contribution in [0.2, 0.25) is 10.0 Å². The fraction of sp³-hybridized carbons (Fsp3) is 0.333. The number of hydrogen-bond acceptors (Lipinski definition) is 3. The molecule has 1 aliphatic rings. The second kappa shape index (κ2) is 5.58. The fourth-order valence-electron chi connectivity index (χ4n) is 2.06. The molecule has 1 aliphatic carbocycles. The van der Waals surface area contributed by atoms with E-state index in [9.17, 15) is 0 Å². The first kappa shape index (κ1) is 13.7. The molecule has 0 amide bonds. The Morgan fingerprint density at radius 3 is 2.60 bits per heavy atom. The van der Waals surface area contributed by atoms with E-state index in [1.807, 2.05) is 18.2 Å². The van der Waals surface area contributed by atoms with Crippen LogP contribution in [0.25, 0.3) is 11.3 Å². The number of benzene rings is 1. The fourth-order valence-corrected chi connectivity index (χ4v) is 2.36. The van der Waals surface area contributed by atoms with Gasteiger partial charge >= 0.3 is 0 Å². The Balaban J connectivity index is 2.04. The molecule has 104 valence electrons. The van der Waals surface area contributed by atoms with Gasteiger partial charge in [-0.1, -0.05) is 29.3 Å². The van der Waals surface area contributed by atoms with Gasteiger partial charge in [-0.15, -0.1) is 0 Å². The SMILES string of the molecule is CCNc1cc(-c2ccc(Cl)c(Cl)c2)nc(C2CC2)n1. The summed E-state index contributed by atoms with van der Waals surface area (Å²) in [5.74, 6) is 2.30. The maximum absolute atomic E-state index is 6.09. The van der Waals surface area contributed by atoms with E-state index in [-0.39, 0.29) is 0 Å². The summed E-state index contributed by atoms with van der Waals surface area (Å²) >= 11 is 12.1. The van der Waals surface area contributed by atoms with Crippen LogP contribution < -0.4 is 5.32 Å². The van der Waals surface area contributed by atoms with Crippen molar-refractivity contribution in [2.45, 2.75) is 25.7 Å². The van der Waals surface area contributed by atoms with Crippen LogP contribution in [0.4, 0.5) is 5.82 Å². The lowest BCUT2D eigenvalue weighted by molar-refractivity contribution is 0.927. The van der Waals surface area contributed by atoms with E-state index >= 15 is 0 Å². The second-order valence-corrected chi connectivity index (χ2v) is 5.74. The minimum atomic E-state index is 0.509. The zero-order valence-electron chi connectivity index (χ0n) is 11.2. The molecule has 1 aromatic carbocycles. The molecular formula is C15H15Cl2N3. The van der Waals surface area contributed by atoms with Crippen LogP contribution in [0.5, 0.6) is 0 Å². The maximum Gasteiger partial charge on any atom is 0.134 e. The summed E-state index contributed by atoms with van der Waals surface area (Å²) < 4.78 is 0. The van der Waals surface area contributed by atoms with Crippen LogP contribution in [0.1, 0.15) is 31.5 Å². The second-order valence-electron chi connectivity index (χ2n) is 4.93. The van der Waals surface area contributed by atoms with Gasteiger partial charge in [0.05, 0.1) is 15.7 Å². The average molecular weight is 308 g/mol. The molecule has 0 saturated heterocycles. The Kier molecular flexibility index (Phi) is 3.81. The Hall–Kier alpha value is -1.32. The van der Waals surface area contributed by atoms with Crippen LogP contribution >= 0.6 is 23.2 Å². The molecule has 0 atom stereocenters. The van der Waals surface area contributed by atoms with Crippen LogP contribution in [0, 0.1) is 0 Å². The predicted molar refractivity (Wildman–Crippen MR) is 83.6 cm³/mol. The summed E-state index contributed by atoms with van der Waals surface area (Å²) in [5.41, 5.74) is 1.85. The number of rotatable bonds is 4. The standard InChI is InChI=1S/C15H15Cl2N3/c1-2-18-14-8-13(19-15(20-14)9-3-4-9)10-5-6-11(16)12(17)7-10/h5-9H,2-4H2,1H3,(H,18,19,20). The highest BCUT2D eigenvalue weighted by Crippen LogP contribution is 2.39. The van der Waals surface area contributed by atoms with E-state index in [4.69, 9.17) is 23.2 Å². The first-order valence-corrected chi connectivity index (χ1v) is 7.51. The molecule has 5 heteroatoms. The highest BCUT2D eigenvalue weighted by Gasteiger charge is 2.27. The highest BCUT2D eigenvalue weighted by molar-refractivity contribution is 6.42. The lowest BCUT2D eigenvalue weighted by Gasteiger charge is -2.09. The molecule has 3 nitrogen and oxygen atoms in total. The van der Waals surface area contributed by atoms with Gasteiger partial charge in [-0.25, -0.2) is 9.97 Å². The van der Waals surface area contributed by atoms with Crippen LogP contribution in [0.15, 0.2) is 24.3 Å². The molecule has 1 aromatic heterocycles. The van der Waals surface area contributed by atoms with E-state index in [2.05, 4.69) is 22.2 Å². The Morgan fingerprint density at radius 1 is 1.15 bits per heavy atom. The molecule has 0 spiro atoms. The van der Waals surface area contributed by atoms with Crippen LogP contribution in [-0.4, -0.2) is 16.5 Å².